The molecule has 0 radical (unpaired) electrons. The van der Waals surface area contributed by atoms with Crippen LogP contribution in [0.4, 0.5) is 5.69 Å². The van der Waals surface area contributed by atoms with E-state index < -0.39 is 11.7 Å². The molecule has 1 aliphatic rings. The fraction of sp³-hybridized carbons (Fsp3) is 0.500. The number of aryl methyl sites for hydroxylation is 1. The predicted octanol–water partition coefficient (Wildman–Crippen LogP) is 2.39. The van der Waals surface area contributed by atoms with E-state index in [1.165, 1.54) is 0 Å². The highest BCUT2D eigenvalue weighted by atomic mass is 16.3. The lowest BCUT2D eigenvalue weighted by atomic mass is 10.0. The highest BCUT2D eigenvalue weighted by Crippen LogP contribution is 2.34. The van der Waals surface area contributed by atoms with Crippen molar-refractivity contribution in [1.82, 2.24) is 0 Å². The minimum absolute atomic E-state index is 0.211. The molecule has 4 heteroatoms. The number of anilines is 1. The molecule has 108 valence electrons. The highest BCUT2D eigenvalue weighted by Gasteiger charge is 2.36. The number of rotatable bonds is 6. The molecular formula is C16H21NO3. The van der Waals surface area contributed by atoms with Crippen LogP contribution in [0.5, 0.6) is 0 Å². The Morgan fingerprint density at radius 1 is 1.05 bits per heavy atom. The summed E-state index contributed by atoms with van der Waals surface area (Å²) in [5.41, 5.74) is 3.43. The first-order valence-corrected chi connectivity index (χ1v) is 7.15. The first-order chi connectivity index (χ1) is 9.57. The molecule has 0 fully saturated rings. The van der Waals surface area contributed by atoms with Gasteiger partial charge in [0.1, 0.15) is 0 Å². The Labute approximate surface area is 119 Å². The molecule has 0 unspecified atom stereocenters. The van der Waals surface area contributed by atoms with Crippen LogP contribution in [0.3, 0.4) is 0 Å². The predicted molar refractivity (Wildman–Crippen MR) is 78.2 cm³/mol. The van der Waals surface area contributed by atoms with Crippen LogP contribution in [0.2, 0.25) is 0 Å². The maximum Gasteiger partial charge on any atom is 0.299 e. The van der Waals surface area contributed by atoms with Crippen LogP contribution < -0.4 is 4.90 Å². The lowest BCUT2D eigenvalue weighted by molar-refractivity contribution is -0.114. The molecule has 4 nitrogen and oxygen atoms in total. The summed E-state index contributed by atoms with van der Waals surface area (Å²) in [4.78, 5) is 25.7. The molecule has 2 rings (SSSR count). The van der Waals surface area contributed by atoms with Gasteiger partial charge in [-0.1, -0.05) is 18.9 Å². The summed E-state index contributed by atoms with van der Waals surface area (Å²) in [5.74, 6) is -0.797. The van der Waals surface area contributed by atoms with Crippen molar-refractivity contribution >= 4 is 17.4 Å². The fourth-order valence-electron chi connectivity index (χ4n) is 2.62. The lowest BCUT2D eigenvalue weighted by Gasteiger charge is -2.19. The number of Topliss-reactive ketones (excluding diaryl/α,β-unsaturated/α-hetero) is 1. The number of unbranched alkanes of at least 4 members (excludes halogenated alkanes) is 3. The van der Waals surface area contributed by atoms with Gasteiger partial charge in [0.15, 0.2) is 0 Å². The Balaban J connectivity index is 2.13. The molecule has 20 heavy (non-hydrogen) atoms. The highest BCUT2D eigenvalue weighted by molar-refractivity contribution is 6.52. The molecule has 1 N–H and O–H groups in total. The summed E-state index contributed by atoms with van der Waals surface area (Å²) >= 11 is 0. The van der Waals surface area contributed by atoms with Gasteiger partial charge in [0, 0.05) is 13.2 Å². The van der Waals surface area contributed by atoms with Crippen LogP contribution in [-0.4, -0.2) is 29.9 Å². The molecular weight excluding hydrogens is 254 g/mol. The van der Waals surface area contributed by atoms with E-state index in [0.29, 0.717) is 12.1 Å². The van der Waals surface area contributed by atoms with E-state index >= 15 is 0 Å². The molecule has 0 bridgehead atoms. The van der Waals surface area contributed by atoms with Gasteiger partial charge in [0.25, 0.3) is 11.7 Å². The number of ketones is 1. The summed E-state index contributed by atoms with van der Waals surface area (Å²) in [5, 5.41) is 8.74. The van der Waals surface area contributed by atoms with Crippen LogP contribution in [0.15, 0.2) is 12.1 Å². The quantitative estimate of drug-likeness (QED) is 0.640. The summed E-state index contributed by atoms with van der Waals surface area (Å²) in [6, 6.07) is 3.65. The zero-order valence-electron chi connectivity index (χ0n) is 12.1. The van der Waals surface area contributed by atoms with Crippen molar-refractivity contribution < 1.29 is 14.7 Å². The Morgan fingerprint density at radius 2 is 1.75 bits per heavy atom. The van der Waals surface area contributed by atoms with E-state index in [0.717, 1.165) is 42.5 Å². The van der Waals surface area contributed by atoms with E-state index in [-0.39, 0.29) is 6.61 Å². The second kappa shape index (κ2) is 6.18. The van der Waals surface area contributed by atoms with Crippen LogP contribution in [0.25, 0.3) is 0 Å². The molecule has 0 spiro atoms. The standard InChI is InChI=1S/C16H21NO3/c1-11-7-8-13-14(12(11)2)17(16(20)15(13)19)9-5-3-4-6-10-18/h7-8,18H,3-6,9-10H2,1-2H3. The summed E-state index contributed by atoms with van der Waals surface area (Å²) in [6.45, 7) is 4.73. The van der Waals surface area contributed by atoms with Gasteiger partial charge < -0.3 is 10.0 Å². The third kappa shape index (κ3) is 2.61. The Kier molecular flexibility index (Phi) is 4.55. The largest absolute Gasteiger partial charge is 0.396 e. The van der Waals surface area contributed by atoms with E-state index in [9.17, 15) is 9.59 Å². The smallest absolute Gasteiger partial charge is 0.299 e. The second-order valence-electron chi connectivity index (χ2n) is 5.33. The van der Waals surface area contributed by atoms with Gasteiger partial charge in [-0.3, -0.25) is 9.59 Å². The van der Waals surface area contributed by atoms with Crippen LogP contribution >= 0.6 is 0 Å². The summed E-state index contributed by atoms with van der Waals surface area (Å²) < 4.78 is 0. The van der Waals surface area contributed by atoms with Gasteiger partial charge in [-0.2, -0.15) is 0 Å². The van der Waals surface area contributed by atoms with E-state index in [4.69, 9.17) is 5.11 Å². The monoisotopic (exact) mass is 275 g/mol. The molecule has 1 heterocycles. The van der Waals surface area contributed by atoms with Gasteiger partial charge in [-0.15, -0.1) is 0 Å². The van der Waals surface area contributed by atoms with Gasteiger partial charge in [-0.05, 0) is 43.9 Å². The molecule has 0 saturated carbocycles. The van der Waals surface area contributed by atoms with Crippen molar-refractivity contribution in [3.63, 3.8) is 0 Å². The minimum Gasteiger partial charge on any atom is -0.396 e. The number of hydrogen-bond donors (Lipinski definition) is 1. The average Bonchev–Trinajstić information content (AvgIpc) is 2.68. The van der Waals surface area contributed by atoms with Crippen molar-refractivity contribution in [1.29, 1.82) is 0 Å². The third-order valence-electron chi connectivity index (χ3n) is 3.95. The van der Waals surface area contributed by atoms with Gasteiger partial charge in [0.2, 0.25) is 0 Å². The molecule has 1 amide bonds. The van der Waals surface area contributed by atoms with Crippen molar-refractivity contribution in [2.45, 2.75) is 39.5 Å². The van der Waals surface area contributed by atoms with Gasteiger partial charge in [0.05, 0.1) is 11.3 Å². The molecule has 0 aliphatic carbocycles. The molecule has 1 aromatic carbocycles. The van der Waals surface area contributed by atoms with Crippen molar-refractivity contribution in [2.24, 2.45) is 0 Å². The van der Waals surface area contributed by atoms with Gasteiger partial charge in [-0.25, -0.2) is 0 Å². The van der Waals surface area contributed by atoms with Crippen molar-refractivity contribution in [2.75, 3.05) is 18.1 Å². The van der Waals surface area contributed by atoms with E-state index in [1.807, 2.05) is 19.9 Å². The number of nitrogens with zero attached hydrogens (tertiary/aromatic N) is 1. The maximum absolute atomic E-state index is 12.1. The number of hydrogen-bond acceptors (Lipinski definition) is 3. The first-order valence-electron chi connectivity index (χ1n) is 7.15. The molecule has 0 saturated heterocycles. The molecule has 1 aliphatic heterocycles. The van der Waals surface area contributed by atoms with Crippen LogP contribution in [0, 0.1) is 13.8 Å². The van der Waals surface area contributed by atoms with Crippen molar-refractivity contribution in [3.05, 3.63) is 28.8 Å². The molecule has 0 atom stereocenters. The number of carbonyl (C=O) groups excluding carboxylic acids is 2. The average molecular weight is 275 g/mol. The fourth-order valence-corrected chi connectivity index (χ4v) is 2.62. The van der Waals surface area contributed by atoms with E-state index in [1.54, 1.807) is 11.0 Å². The number of aliphatic hydroxyl groups is 1. The first kappa shape index (κ1) is 14.7. The zero-order valence-corrected chi connectivity index (χ0v) is 12.1. The van der Waals surface area contributed by atoms with Crippen LogP contribution in [-0.2, 0) is 4.79 Å². The second-order valence-corrected chi connectivity index (χ2v) is 5.33. The Morgan fingerprint density at radius 3 is 2.45 bits per heavy atom. The summed E-state index contributed by atoms with van der Waals surface area (Å²) in [6.07, 6.45) is 3.55. The van der Waals surface area contributed by atoms with Crippen LogP contribution in [0.1, 0.15) is 47.2 Å². The number of benzene rings is 1. The lowest BCUT2D eigenvalue weighted by Crippen LogP contribution is -2.31. The van der Waals surface area contributed by atoms with E-state index in [2.05, 4.69) is 0 Å². The number of carbonyl (C=O) groups is 2. The maximum atomic E-state index is 12.1. The summed E-state index contributed by atoms with van der Waals surface area (Å²) in [7, 11) is 0. The number of fused-ring (bicyclic) bond motifs is 1. The molecule has 1 aromatic rings. The topological polar surface area (TPSA) is 57.6 Å². The SMILES string of the molecule is Cc1ccc2c(c1C)N(CCCCCCO)C(=O)C2=O. The number of aliphatic hydroxyl groups excluding tert-OH is 1. The Bertz CT molecular complexity index is 537. The molecule has 0 aromatic heterocycles. The number of amides is 1. The zero-order chi connectivity index (χ0) is 14.7. The van der Waals surface area contributed by atoms with Gasteiger partial charge >= 0.3 is 0 Å². The third-order valence-corrected chi connectivity index (χ3v) is 3.95. The Hall–Kier alpha value is -1.68. The normalized spacial score (nSPS) is 14.1. The minimum atomic E-state index is -0.407. The van der Waals surface area contributed by atoms with Crippen molar-refractivity contribution in [3.8, 4) is 0 Å².